The van der Waals surface area contributed by atoms with E-state index in [1.165, 1.54) is 6.20 Å². The van der Waals surface area contributed by atoms with E-state index in [0.29, 0.717) is 18.0 Å². The number of fused-ring (bicyclic) bond motifs is 1. The number of ether oxygens (including phenoxy) is 1. The lowest BCUT2D eigenvalue weighted by Gasteiger charge is -2.18. The first-order valence-electron chi connectivity index (χ1n) is 9.67. The largest absolute Gasteiger partial charge is 0.457 e. The van der Waals surface area contributed by atoms with Gasteiger partial charge in [-0.2, -0.15) is 0 Å². The lowest BCUT2D eigenvalue weighted by molar-refractivity contribution is 0.0958. The van der Waals surface area contributed by atoms with Gasteiger partial charge in [-0.3, -0.25) is 14.7 Å². The van der Waals surface area contributed by atoms with Crippen LogP contribution >= 0.6 is 0 Å². The van der Waals surface area contributed by atoms with Crippen LogP contribution in [-0.2, 0) is 6.42 Å². The van der Waals surface area contributed by atoms with Crippen molar-refractivity contribution in [3.05, 3.63) is 77.6 Å². The fourth-order valence-electron chi connectivity index (χ4n) is 3.43. The van der Waals surface area contributed by atoms with Crippen LogP contribution in [0.2, 0.25) is 0 Å². The summed E-state index contributed by atoms with van der Waals surface area (Å²) >= 11 is 0. The molecule has 1 aromatic heterocycles. The molecule has 2 aromatic carbocycles. The Hall–Kier alpha value is -3.87. The first-order valence-corrected chi connectivity index (χ1v) is 9.67. The minimum absolute atomic E-state index is 0.155. The monoisotopic (exact) mass is 402 g/mol. The number of benzene rings is 2. The first kappa shape index (κ1) is 19.4. The van der Waals surface area contributed by atoms with Crippen LogP contribution < -0.4 is 20.3 Å². The van der Waals surface area contributed by atoms with E-state index in [2.05, 4.69) is 15.6 Å². The molecular weight excluding hydrogens is 380 g/mol. The number of nitrogens with one attached hydrogen (secondary N) is 2. The van der Waals surface area contributed by atoms with Gasteiger partial charge in [0.25, 0.3) is 5.91 Å². The molecule has 1 aliphatic heterocycles. The number of amides is 3. The lowest BCUT2D eigenvalue weighted by atomic mass is 10.1. The zero-order valence-corrected chi connectivity index (χ0v) is 16.8. The molecule has 4 rings (SSSR count). The van der Waals surface area contributed by atoms with Gasteiger partial charge >= 0.3 is 6.03 Å². The van der Waals surface area contributed by atoms with Crippen LogP contribution in [0, 0.1) is 6.92 Å². The summed E-state index contributed by atoms with van der Waals surface area (Å²) in [5.41, 5.74) is 4.06. The molecule has 0 bridgehead atoms. The average molecular weight is 402 g/mol. The summed E-state index contributed by atoms with van der Waals surface area (Å²) in [7, 11) is 1.55. The maximum absolute atomic E-state index is 12.7. The predicted octanol–water partition coefficient (Wildman–Crippen LogP) is 4.14. The van der Waals surface area contributed by atoms with Gasteiger partial charge in [0.2, 0.25) is 0 Å². The molecule has 3 aromatic rings. The smallest absolute Gasteiger partial charge is 0.326 e. The van der Waals surface area contributed by atoms with Crippen LogP contribution in [0.15, 0.2) is 60.8 Å². The van der Waals surface area contributed by atoms with Crippen molar-refractivity contribution in [1.29, 1.82) is 0 Å². The molecule has 30 heavy (non-hydrogen) atoms. The zero-order chi connectivity index (χ0) is 21.1. The van der Waals surface area contributed by atoms with Gasteiger partial charge in [-0.1, -0.05) is 12.1 Å². The summed E-state index contributed by atoms with van der Waals surface area (Å²) in [6.07, 6.45) is 2.28. The number of pyridine rings is 1. The number of hydrogen-bond acceptors (Lipinski definition) is 4. The zero-order valence-electron chi connectivity index (χ0n) is 16.8. The Bertz CT molecular complexity index is 1110. The molecular formula is C23H22N4O3. The molecule has 0 saturated heterocycles. The van der Waals surface area contributed by atoms with Gasteiger partial charge in [-0.25, -0.2) is 4.79 Å². The molecule has 0 fully saturated rings. The second-order valence-corrected chi connectivity index (χ2v) is 7.05. The molecule has 3 amide bonds. The number of urea groups is 1. The molecule has 0 atom stereocenters. The highest BCUT2D eigenvalue weighted by atomic mass is 16.5. The molecule has 7 heteroatoms. The summed E-state index contributed by atoms with van der Waals surface area (Å²) < 4.78 is 5.90. The second-order valence-electron chi connectivity index (χ2n) is 7.05. The Labute approximate surface area is 174 Å². The number of anilines is 2. The minimum Gasteiger partial charge on any atom is -0.457 e. The molecule has 2 heterocycles. The number of aromatic nitrogens is 1. The van der Waals surface area contributed by atoms with Crippen molar-refractivity contribution in [3.63, 3.8) is 0 Å². The minimum atomic E-state index is -0.273. The standard InChI is InChI=1S/C23H22N4O3/c1-15-4-3-5-17(12-15)26-23(29)27-11-9-16-13-18(6-7-21(16)27)30-19-8-10-25-20(14-19)22(28)24-2/h3-8,10,12-14H,9,11H2,1-2H3,(H,24,28)(H,26,29). The third-order valence-corrected chi connectivity index (χ3v) is 4.89. The van der Waals surface area contributed by atoms with Crippen LogP contribution in [-0.4, -0.2) is 30.5 Å². The van der Waals surface area contributed by atoms with Gasteiger partial charge < -0.3 is 15.4 Å². The van der Waals surface area contributed by atoms with Gasteiger partial charge in [-0.15, -0.1) is 0 Å². The van der Waals surface area contributed by atoms with Crippen molar-refractivity contribution in [2.24, 2.45) is 0 Å². The van der Waals surface area contributed by atoms with E-state index in [9.17, 15) is 9.59 Å². The van der Waals surface area contributed by atoms with E-state index in [1.807, 2.05) is 49.4 Å². The van der Waals surface area contributed by atoms with Crippen molar-refractivity contribution in [2.75, 3.05) is 23.8 Å². The van der Waals surface area contributed by atoms with E-state index in [-0.39, 0.29) is 17.6 Å². The highest BCUT2D eigenvalue weighted by Gasteiger charge is 2.25. The van der Waals surface area contributed by atoms with E-state index in [0.717, 1.165) is 28.9 Å². The average Bonchev–Trinajstić information content (AvgIpc) is 3.17. The van der Waals surface area contributed by atoms with Gasteiger partial charge in [0.1, 0.15) is 17.2 Å². The molecule has 0 saturated carbocycles. The Morgan fingerprint density at radius 1 is 1.07 bits per heavy atom. The number of rotatable bonds is 4. The molecule has 0 aliphatic carbocycles. The van der Waals surface area contributed by atoms with Gasteiger partial charge in [0.15, 0.2) is 0 Å². The van der Waals surface area contributed by atoms with E-state index >= 15 is 0 Å². The van der Waals surface area contributed by atoms with Crippen LogP contribution in [0.25, 0.3) is 0 Å². The summed E-state index contributed by atoms with van der Waals surface area (Å²) in [6, 6.07) is 16.5. The van der Waals surface area contributed by atoms with E-state index < -0.39 is 0 Å². The Kier molecular flexibility index (Phi) is 5.34. The van der Waals surface area contributed by atoms with Crippen molar-refractivity contribution in [1.82, 2.24) is 10.3 Å². The van der Waals surface area contributed by atoms with Crippen LogP contribution in [0.3, 0.4) is 0 Å². The number of carbonyl (C=O) groups excluding carboxylic acids is 2. The Morgan fingerprint density at radius 2 is 1.90 bits per heavy atom. The highest BCUT2D eigenvalue weighted by molar-refractivity contribution is 6.03. The van der Waals surface area contributed by atoms with Gasteiger partial charge in [0, 0.05) is 37.2 Å². The molecule has 1 aliphatic rings. The van der Waals surface area contributed by atoms with Gasteiger partial charge in [-0.05, 0) is 60.9 Å². The first-order chi connectivity index (χ1) is 14.5. The molecule has 0 spiro atoms. The maximum atomic E-state index is 12.7. The molecule has 2 N–H and O–H groups in total. The third kappa shape index (κ3) is 4.10. The molecule has 7 nitrogen and oxygen atoms in total. The van der Waals surface area contributed by atoms with Crippen molar-refractivity contribution in [2.45, 2.75) is 13.3 Å². The third-order valence-electron chi connectivity index (χ3n) is 4.89. The number of aryl methyl sites for hydroxylation is 1. The van der Waals surface area contributed by atoms with Crippen LogP contribution in [0.4, 0.5) is 16.2 Å². The number of hydrogen-bond donors (Lipinski definition) is 2. The quantitative estimate of drug-likeness (QED) is 0.687. The van der Waals surface area contributed by atoms with Crippen LogP contribution in [0.5, 0.6) is 11.5 Å². The maximum Gasteiger partial charge on any atom is 0.326 e. The second kappa shape index (κ2) is 8.24. The fourth-order valence-corrected chi connectivity index (χ4v) is 3.43. The van der Waals surface area contributed by atoms with Crippen molar-refractivity contribution >= 4 is 23.3 Å². The summed E-state index contributed by atoms with van der Waals surface area (Å²) in [5.74, 6) is 0.893. The van der Waals surface area contributed by atoms with E-state index in [1.54, 1.807) is 24.1 Å². The summed E-state index contributed by atoms with van der Waals surface area (Å²) in [4.78, 5) is 30.3. The molecule has 0 unspecified atom stereocenters. The number of carbonyl (C=O) groups is 2. The highest BCUT2D eigenvalue weighted by Crippen LogP contribution is 2.33. The predicted molar refractivity (Wildman–Crippen MR) is 115 cm³/mol. The molecule has 0 radical (unpaired) electrons. The van der Waals surface area contributed by atoms with E-state index in [4.69, 9.17) is 4.74 Å². The lowest BCUT2D eigenvalue weighted by Crippen LogP contribution is -2.33. The van der Waals surface area contributed by atoms with Gasteiger partial charge in [0.05, 0.1) is 0 Å². The van der Waals surface area contributed by atoms with Crippen LogP contribution in [0.1, 0.15) is 21.6 Å². The Morgan fingerprint density at radius 3 is 2.70 bits per heavy atom. The Balaban J connectivity index is 1.48. The normalized spacial score (nSPS) is 12.3. The van der Waals surface area contributed by atoms with Crippen molar-refractivity contribution < 1.29 is 14.3 Å². The fraction of sp³-hybridized carbons (Fsp3) is 0.174. The summed E-state index contributed by atoms with van der Waals surface area (Å²) in [6.45, 7) is 2.59. The van der Waals surface area contributed by atoms with Crippen molar-refractivity contribution in [3.8, 4) is 11.5 Å². The number of nitrogens with zero attached hydrogens (tertiary/aromatic N) is 2. The molecule has 152 valence electrons. The SMILES string of the molecule is CNC(=O)c1cc(Oc2ccc3c(c2)CCN3C(=O)Nc2cccc(C)c2)ccn1. The summed E-state index contributed by atoms with van der Waals surface area (Å²) in [5, 5.41) is 5.50. The topological polar surface area (TPSA) is 83.6 Å².